The quantitative estimate of drug-likeness (QED) is 0.731. The molecule has 1 aliphatic heterocycles. The molecule has 0 aromatic carbocycles. The summed E-state index contributed by atoms with van der Waals surface area (Å²) in [6.45, 7) is 1.20. The first-order chi connectivity index (χ1) is 8.32. The van der Waals surface area contributed by atoms with Gasteiger partial charge in [-0.05, 0) is 6.92 Å². The van der Waals surface area contributed by atoms with E-state index in [1.165, 1.54) is 6.92 Å². The summed E-state index contributed by atoms with van der Waals surface area (Å²) in [5.41, 5.74) is 0. The number of likely N-dealkylation sites (N-methyl/N-ethyl adjacent to an activating group) is 1. The predicted molar refractivity (Wildman–Crippen MR) is 57.3 cm³/mol. The Morgan fingerprint density at radius 3 is 2.44 bits per heavy atom. The Morgan fingerprint density at radius 2 is 2.00 bits per heavy atom. The number of carbonyl (C=O) groups excluding carboxylic acids is 2. The third-order valence-corrected chi connectivity index (χ3v) is 3.10. The van der Waals surface area contributed by atoms with E-state index in [2.05, 4.69) is 0 Å². The lowest BCUT2D eigenvalue weighted by atomic mass is 9.98. The van der Waals surface area contributed by atoms with Crippen LogP contribution in [0.3, 0.4) is 0 Å². The van der Waals surface area contributed by atoms with Gasteiger partial charge in [-0.2, -0.15) is 13.2 Å². The summed E-state index contributed by atoms with van der Waals surface area (Å²) >= 11 is 5.38. The number of halogens is 4. The second kappa shape index (κ2) is 5.88. The summed E-state index contributed by atoms with van der Waals surface area (Å²) in [4.78, 5) is 23.4. The van der Waals surface area contributed by atoms with E-state index in [-0.39, 0.29) is 25.6 Å². The summed E-state index contributed by atoms with van der Waals surface area (Å²) in [6.07, 6.45) is -4.95. The van der Waals surface area contributed by atoms with Gasteiger partial charge in [0.2, 0.25) is 0 Å². The first kappa shape index (κ1) is 15.2. The van der Waals surface area contributed by atoms with E-state index in [1.807, 2.05) is 0 Å². The normalized spacial score (nSPS) is 24.1. The van der Waals surface area contributed by atoms with Crippen LogP contribution in [0, 0.1) is 5.92 Å². The molecule has 0 aliphatic carbocycles. The van der Waals surface area contributed by atoms with Gasteiger partial charge in [0.25, 0.3) is 0 Å². The van der Waals surface area contributed by atoms with Gasteiger partial charge < -0.3 is 9.64 Å². The van der Waals surface area contributed by atoms with Crippen molar-refractivity contribution in [1.29, 1.82) is 0 Å². The van der Waals surface area contributed by atoms with E-state index in [4.69, 9.17) is 16.3 Å². The molecule has 0 N–H and O–H groups in total. The zero-order chi connectivity index (χ0) is 13.9. The molecular weight excluding hydrogens is 275 g/mol. The number of hydrogen-bond donors (Lipinski definition) is 0. The fraction of sp³-hybridized carbons (Fsp3) is 0.800. The molecule has 1 amide bonds. The maximum atomic E-state index is 12.4. The highest BCUT2D eigenvalue weighted by atomic mass is 35.5. The van der Waals surface area contributed by atoms with Gasteiger partial charge in [-0.25, -0.2) is 0 Å². The molecule has 1 fully saturated rings. The maximum Gasteiger partial charge on any atom is 0.471 e. The molecule has 0 aromatic heterocycles. The van der Waals surface area contributed by atoms with Crippen LogP contribution in [0.15, 0.2) is 0 Å². The lowest BCUT2D eigenvalue weighted by molar-refractivity contribution is -0.188. The van der Waals surface area contributed by atoms with Crippen molar-refractivity contribution in [2.24, 2.45) is 5.92 Å². The van der Waals surface area contributed by atoms with E-state index in [9.17, 15) is 22.8 Å². The third-order valence-electron chi connectivity index (χ3n) is 2.84. The molecule has 104 valence electrons. The second-order valence-electron chi connectivity index (χ2n) is 3.90. The van der Waals surface area contributed by atoms with Crippen LogP contribution < -0.4 is 0 Å². The van der Waals surface area contributed by atoms with Crippen LogP contribution in [0.5, 0.6) is 0 Å². The summed E-state index contributed by atoms with van der Waals surface area (Å²) in [5.74, 6) is -3.45. The molecule has 1 saturated heterocycles. The third kappa shape index (κ3) is 3.14. The van der Waals surface area contributed by atoms with Crippen LogP contribution >= 0.6 is 11.6 Å². The number of ketones is 1. The average Bonchev–Trinajstić information content (AvgIpc) is 2.76. The lowest BCUT2D eigenvalue weighted by Crippen LogP contribution is -2.51. The van der Waals surface area contributed by atoms with E-state index in [0.717, 1.165) is 0 Å². The Bertz CT molecular complexity index is 335. The van der Waals surface area contributed by atoms with Gasteiger partial charge in [-0.1, -0.05) is 0 Å². The van der Waals surface area contributed by atoms with Crippen LogP contribution in [-0.2, 0) is 14.3 Å². The van der Waals surface area contributed by atoms with Crippen LogP contribution in [0.25, 0.3) is 0 Å². The van der Waals surface area contributed by atoms with Crippen molar-refractivity contribution in [3.8, 4) is 0 Å². The summed E-state index contributed by atoms with van der Waals surface area (Å²) in [7, 11) is 0. The van der Waals surface area contributed by atoms with Crippen molar-refractivity contribution >= 4 is 23.3 Å². The minimum Gasteiger partial charge on any atom is -0.378 e. The second-order valence-corrected chi connectivity index (χ2v) is 4.17. The van der Waals surface area contributed by atoms with E-state index in [0.29, 0.717) is 4.90 Å². The molecule has 1 heterocycles. The topological polar surface area (TPSA) is 46.6 Å². The molecule has 1 rings (SSSR count). The van der Waals surface area contributed by atoms with Gasteiger partial charge in [0.15, 0.2) is 5.78 Å². The van der Waals surface area contributed by atoms with Crippen LogP contribution in [0.4, 0.5) is 13.2 Å². The molecule has 18 heavy (non-hydrogen) atoms. The van der Waals surface area contributed by atoms with Crippen molar-refractivity contribution in [2.75, 3.05) is 25.6 Å². The highest BCUT2D eigenvalue weighted by Gasteiger charge is 2.47. The molecule has 2 unspecified atom stereocenters. The lowest BCUT2D eigenvalue weighted by Gasteiger charge is -2.30. The fourth-order valence-corrected chi connectivity index (χ4v) is 2.15. The Labute approximate surface area is 107 Å². The summed E-state index contributed by atoms with van der Waals surface area (Å²) in [5, 5.41) is 0. The molecule has 1 aliphatic rings. The van der Waals surface area contributed by atoms with Gasteiger partial charge >= 0.3 is 12.1 Å². The molecule has 2 atom stereocenters. The number of hydrogen-bond acceptors (Lipinski definition) is 3. The average molecular weight is 288 g/mol. The Morgan fingerprint density at radius 1 is 1.39 bits per heavy atom. The van der Waals surface area contributed by atoms with Crippen LogP contribution in [0.2, 0.25) is 0 Å². The molecule has 0 radical (unpaired) electrons. The molecule has 0 aromatic rings. The molecule has 0 spiro atoms. The minimum absolute atomic E-state index is 0.00213. The van der Waals surface area contributed by atoms with Gasteiger partial charge in [-0.3, -0.25) is 9.59 Å². The molecular formula is C10H13ClF3NO3. The number of ether oxygens (including phenoxy) is 1. The maximum absolute atomic E-state index is 12.4. The van der Waals surface area contributed by atoms with Crippen molar-refractivity contribution in [3.63, 3.8) is 0 Å². The van der Waals surface area contributed by atoms with Crippen molar-refractivity contribution < 1.29 is 27.5 Å². The Balaban J connectivity index is 2.88. The minimum atomic E-state index is -4.95. The molecule has 0 saturated carbocycles. The zero-order valence-electron chi connectivity index (χ0n) is 9.67. The number of amides is 1. The van der Waals surface area contributed by atoms with Gasteiger partial charge in [0, 0.05) is 6.54 Å². The van der Waals surface area contributed by atoms with Crippen LogP contribution in [0.1, 0.15) is 6.92 Å². The van der Waals surface area contributed by atoms with Crippen molar-refractivity contribution in [1.82, 2.24) is 4.90 Å². The Kier molecular flexibility index (Phi) is 4.98. The molecule has 4 nitrogen and oxygen atoms in total. The largest absolute Gasteiger partial charge is 0.471 e. The molecule has 8 heteroatoms. The number of Topliss-reactive ketones (excluding diaryl/α,β-unsaturated/α-hetero) is 1. The highest BCUT2D eigenvalue weighted by molar-refractivity contribution is 6.28. The molecule has 0 bridgehead atoms. The number of rotatable bonds is 4. The monoisotopic (exact) mass is 287 g/mol. The number of nitrogens with zero attached hydrogens (tertiary/aromatic N) is 1. The smallest absolute Gasteiger partial charge is 0.378 e. The SMILES string of the molecule is CCN(C(=O)C(F)(F)F)C1COCC1C(=O)CCl. The Hall–Kier alpha value is -0.820. The number of alkyl halides is 4. The van der Waals surface area contributed by atoms with Crippen molar-refractivity contribution in [3.05, 3.63) is 0 Å². The van der Waals surface area contributed by atoms with Gasteiger partial charge in [-0.15, -0.1) is 11.6 Å². The fourth-order valence-electron chi connectivity index (χ4n) is 1.95. The van der Waals surface area contributed by atoms with E-state index in [1.54, 1.807) is 0 Å². The highest BCUT2D eigenvalue weighted by Crippen LogP contribution is 2.26. The predicted octanol–water partition coefficient (Wildman–Crippen LogP) is 1.22. The zero-order valence-corrected chi connectivity index (χ0v) is 10.4. The number of carbonyl (C=O) groups is 2. The van der Waals surface area contributed by atoms with Crippen LogP contribution in [-0.4, -0.2) is 54.4 Å². The van der Waals surface area contributed by atoms with Crippen molar-refractivity contribution in [2.45, 2.75) is 19.1 Å². The van der Waals surface area contributed by atoms with Gasteiger partial charge in [0.05, 0.1) is 31.1 Å². The standard InChI is InChI=1S/C10H13ClF3NO3/c1-2-15(9(17)10(12,13)14)7-5-18-4-6(7)8(16)3-11/h6-7H,2-5H2,1H3. The summed E-state index contributed by atoms with van der Waals surface area (Å²) < 4.78 is 42.2. The van der Waals surface area contributed by atoms with E-state index < -0.39 is 29.8 Å². The first-order valence-electron chi connectivity index (χ1n) is 5.37. The van der Waals surface area contributed by atoms with E-state index >= 15 is 0 Å². The van der Waals surface area contributed by atoms with Gasteiger partial charge in [0.1, 0.15) is 0 Å². The summed E-state index contributed by atoms with van der Waals surface area (Å²) in [6, 6.07) is -0.893. The first-order valence-corrected chi connectivity index (χ1v) is 5.90.